The summed E-state index contributed by atoms with van der Waals surface area (Å²) in [7, 11) is 0. The van der Waals surface area contributed by atoms with E-state index in [1.807, 2.05) is 54.6 Å². The molecule has 0 aliphatic rings. The molecule has 0 aromatic heterocycles. The lowest BCUT2D eigenvalue weighted by Crippen LogP contribution is -2.35. The maximum Gasteiger partial charge on any atom is 0.258 e. The fourth-order valence-electron chi connectivity index (χ4n) is 2.17. The highest BCUT2D eigenvalue weighted by Crippen LogP contribution is 2.17. The van der Waals surface area contributed by atoms with Crippen LogP contribution in [-0.2, 0) is 11.2 Å². The number of aryl methyl sites for hydroxylation is 1. The Labute approximate surface area is 131 Å². The number of nitrogens with one attached hydrogen (secondary N) is 1. The molecule has 2 aromatic rings. The van der Waals surface area contributed by atoms with E-state index in [2.05, 4.69) is 12.2 Å². The molecule has 4 heteroatoms. The van der Waals surface area contributed by atoms with E-state index >= 15 is 0 Å². The summed E-state index contributed by atoms with van der Waals surface area (Å²) in [5.74, 6) is 0.588. The third-order valence-electron chi connectivity index (χ3n) is 3.46. The third kappa shape index (κ3) is 4.60. The number of benzene rings is 2. The average Bonchev–Trinajstić information content (AvgIpc) is 2.58. The van der Waals surface area contributed by atoms with Crippen molar-refractivity contribution in [3.63, 3.8) is 0 Å². The molecule has 3 N–H and O–H groups in total. The Morgan fingerprint density at radius 2 is 1.82 bits per heavy atom. The zero-order valence-electron chi connectivity index (χ0n) is 12.8. The molecule has 0 bridgehead atoms. The normalized spacial score (nSPS) is 11.7. The topological polar surface area (TPSA) is 64.3 Å². The van der Waals surface area contributed by atoms with E-state index in [1.54, 1.807) is 0 Å². The van der Waals surface area contributed by atoms with Crippen LogP contribution in [0.25, 0.3) is 0 Å². The molecule has 0 heterocycles. The molecule has 1 amide bonds. The van der Waals surface area contributed by atoms with Crippen molar-refractivity contribution in [2.75, 3.05) is 13.2 Å². The highest BCUT2D eigenvalue weighted by molar-refractivity contribution is 5.77. The molecule has 22 heavy (non-hydrogen) atoms. The number of hydrogen-bond acceptors (Lipinski definition) is 3. The van der Waals surface area contributed by atoms with E-state index < -0.39 is 0 Å². The van der Waals surface area contributed by atoms with Crippen molar-refractivity contribution in [2.24, 2.45) is 5.73 Å². The van der Waals surface area contributed by atoms with Gasteiger partial charge in [0.2, 0.25) is 0 Å². The second-order valence-electron chi connectivity index (χ2n) is 5.07. The van der Waals surface area contributed by atoms with Crippen LogP contribution in [0.15, 0.2) is 54.6 Å². The Morgan fingerprint density at radius 3 is 2.55 bits per heavy atom. The van der Waals surface area contributed by atoms with Gasteiger partial charge in [0, 0.05) is 12.6 Å². The molecule has 0 aliphatic carbocycles. The van der Waals surface area contributed by atoms with Crippen LogP contribution in [0.5, 0.6) is 5.75 Å². The first-order chi connectivity index (χ1) is 10.7. The van der Waals surface area contributed by atoms with Gasteiger partial charge >= 0.3 is 0 Å². The molecule has 2 rings (SSSR count). The van der Waals surface area contributed by atoms with Gasteiger partial charge in [-0.05, 0) is 23.6 Å². The van der Waals surface area contributed by atoms with Gasteiger partial charge in [-0.1, -0.05) is 55.5 Å². The molecular formula is C18H22N2O2. The number of para-hydroxylation sites is 1. The van der Waals surface area contributed by atoms with E-state index in [9.17, 15) is 4.79 Å². The number of nitrogens with two attached hydrogens (primary N) is 1. The van der Waals surface area contributed by atoms with Crippen molar-refractivity contribution >= 4 is 5.91 Å². The minimum absolute atomic E-state index is 0.00147. The second-order valence-corrected chi connectivity index (χ2v) is 5.07. The minimum Gasteiger partial charge on any atom is -0.483 e. The van der Waals surface area contributed by atoms with Gasteiger partial charge in [0.1, 0.15) is 5.75 Å². The second kappa shape index (κ2) is 8.20. The van der Waals surface area contributed by atoms with Crippen LogP contribution >= 0.6 is 0 Å². The van der Waals surface area contributed by atoms with Gasteiger partial charge in [-0.2, -0.15) is 0 Å². The van der Waals surface area contributed by atoms with Crippen LogP contribution in [0.1, 0.15) is 24.1 Å². The van der Waals surface area contributed by atoms with Crippen LogP contribution in [-0.4, -0.2) is 19.1 Å². The first kappa shape index (κ1) is 16.0. The van der Waals surface area contributed by atoms with E-state index in [-0.39, 0.29) is 18.6 Å². The van der Waals surface area contributed by atoms with Crippen molar-refractivity contribution in [1.29, 1.82) is 0 Å². The Balaban J connectivity index is 1.79. The maximum atomic E-state index is 11.9. The number of amides is 1. The van der Waals surface area contributed by atoms with Crippen LogP contribution < -0.4 is 15.8 Å². The Hall–Kier alpha value is -2.33. The standard InChI is InChI=1S/C18H22N2O2/c1-2-14-8-6-7-11-17(14)22-13-18(21)20-12-16(19)15-9-4-3-5-10-15/h3-11,16H,2,12-13,19H2,1H3,(H,20,21). The molecule has 116 valence electrons. The van der Waals surface area contributed by atoms with Gasteiger partial charge in [0.15, 0.2) is 6.61 Å². The molecule has 1 unspecified atom stereocenters. The van der Waals surface area contributed by atoms with E-state index in [4.69, 9.17) is 10.5 Å². The van der Waals surface area contributed by atoms with E-state index in [0.29, 0.717) is 6.54 Å². The molecule has 4 nitrogen and oxygen atoms in total. The van der Waals surface area contributed by atoms with Crippen molar-refractivity contribution in [2.45, 2.75) is 19.4 Å². The molecule has 0 fully saturated rings. The van der Waals surface area contributed by atoms with Gasteiger partial charge in [-0.25, -0.2) is 0 Å². The zero-order valence-corrected chi connectivity index (χ0v) is 12.8. The predicted octanol–water partition coefficient (Wildman–Crippen LogP) is 2.44. The van der Waals surface area contributed by atoms with E-state index in [1.165, 1.54) is 0 Å². The van der Waals surface area contributed by atoms with Crippen molar-refractivity contribution in [3.8, 4) is 5.75 Å². The fraction of sp³-hybridized carbons (Fsp3) is 0.278. The molecule has 0 saturated heterocycles. The summed E-state index contributed by atoms with van der Waals surface area (Å²) in [4.78, 5) is 11.9. The summed E-state index contributed by atoms with van der Waals surface area (Å²) in [6.45, 7) is 2.45. The van der Waals surface area contributed by atoms with Gasteiger partial charge in [0.05, 0.1) is 0 Å². The summed E-state index contributed by atoms with van der Waals surface area (Å²) in [5, 5.41) is 2.80. The zero-order chi connectivity index (χ0) is 15.8. The maximum absolute atomic E-state index is 11.9. The number of carbonyl (C=O) groups excluding carboxylic acids is 1. The van der Waals surface area contributed by atoms with Crippen LogP contribution in [0, 0.1) is 0 Å². The van der Waals surface area contributed by atoms with Gasteiger partial charge in [0.25, 0.3) is 5.91 Å². The van der Waals surface area contributed by atoms with Crippen LogP contribution in [0.4, 0.5) is 0 Å². The van der Waals surface area contributed by atoms with Gasteiger partial charge < -0.3 is 15.8 Å². The minimum atomic E-state index is -0.215. The lowest BCUT2D eigenvalue weighted by atomic mass is 10.1. The highest BCUT2D eigenvalue weighted by atomic mass is 16.5. The van der Waals surface area contributed by atoms with Crippen molar-refractivity contribution < 1.29 is 9.53 Å². The quantitative estimate of drug-likeness (QED) is 0.825. The van der Waals surface area contributed by atoms with Crippen molar-refractivity contribution in [3.05, 3.63) is 65.7 Å². The third-order valence-corrected chi connectivity index (χ3v) is 3.46. The molecular weight excluding hydrogens is 276 g/mol. The summed E-state index contributed by atoms with van der Waals surface area (Å²) in [5.41, 5.74) is 8.13. The van der Waals surface area contributed by atoms with Crippen LogP contribution in [0.2, 0.25) is 0 Å². The Kier molecular flexibility index (Phi) is 5.98. The summed E-state index contributed by atoms with van der Waals surface area (Å²) >= 11 is 0. The highest BCUT2D eigenvalue weighted by Gasteiger charge is 2.09. The van der Waals surface area contributed by atoms with Gasteiger partial charge in [-0.3, -0.25) is 4.79 Å². The SMILES string of the molecule is CCc1ccccc1OCC(=O)NCC(N)c1ccccc1. The number of ether oxygens (including phenoxy) is 1. The molecule has 2 aromatic carbocycles. The Morgan fingerprint density at radius 1 is 1.14 bits per heavy atom. The summed E-state index contributed by atoms with van der Waals surface area (Å²) < 4.78 is 5.57. The van der Waals surface area contributed by atoms with Crippen LogP contribution in [0.3, 0.4) is 0 Å². The monoisotopic (exact) mass is 298 g/mol. The fourth-order valence-corrected chi connectivity index (χ4v) is 2.17. The molecule has 0 aliphatic heterocycles. The lowest BCUT2D eigenvalue weighted by molar-refractivity contribution is -0.123. The largest absolute Gasteiger partial charge is 0.483 e. The van der Waals surface area contributed by atoms with Crippen molar-refractivity contribution in [1.82, 2.24) is 5.32 Å². The molecule has 0 radical (unpaired) electrons. The molecule has 0 saturated carbocycles. The summed E-state index contributed by atoms with van der Waals surface area (Å²) in [6.07, 6.45) is 0.872. The van der Waals surface area contributed by atoms with Gasteiger partial charge in [-0.15, -0.1) is 0 Å². The summed E-state index contributed by atoms with van der Waals surface area (Å²) in [6, 6.07) is 17.2. The number of carbonyl (C=O) groups is 1. The predicted molar refractivity (Wildman–Crippen MR) is 87.7 cm³/mol. The average molecular weight is 298 g/mol. The first-order valence-corrected chi connectivity index (χ1v) is 7.48. The van der Waals surface area contributed by atoms with E-state index in [0.717, 1.165) is 23.3 Å². The molecule has 1 atom stereocenters. The smallest absolute Gasteiger partial charge is 0.258 e. The number of rotatable bonds is 7. The number of hydrogen-bond donors (Lipinski definition) is 2. The molecule has 0 spiro atoms. The Bertz CT molecular complexity index is 599. The first-order valence-electron chi connectivity index (χ1n) is 7.48. The lowest BCUT2D eigenvalue weighted by Gasteiger charge is -2.14.